The molecule has 0 saturated carbocycles. The minimum absolute atomic E-state index is 0. The first-order valence-corrected chi connectivity index (χ1v) is 8.31. The molecule has 0 fully saturated rings. The van der Waals surface area contributed by atoms with E-state index < -0.39 is 0 Å². The van der Waals surface area contributed by atoms with E-state index in [1.54, 1.807) is 0 Å². The van der Waals surface area contributed by atoms with Crippen molar-refractivity contribution in [2.24, 2.45) is 4.99 Å². The van der Waals surface area contributed by atoms with Crippen molar-refractivity contribution in [3.05, 3.63) is 52.8 Å². The lowest BCUT2D eigenvalue weighted by Gasteiger charge is -2.11. The van der Waals surface area contributed by atoms with Gasteiger partial charge in [-0.1, -0.05) is 23.7 Å². The number of hydrogen-bond acceptors (Lipinski definition) is 2. The number of rotatable bonds is 7. The zero-order chi connectivity index (χ0) is 16.5. The molecule has 0 spiro atoms. The van der Waals surface area contributed by atoms with Crippen molar-refractivity contribution < 1.29 is 0 Å². The van der Waals surface area contributed by atoms with Gasteiger partial charge < -0.3 is 10.6 Å². The van der Waals surface area contributed by atoms with Crippen LogP contribution in [0.5, 0.6) is 0 Å². The standard InChI is InChI=1S/C17H24ClN5.HI/c1-3-19-17(21-10-11-23-13-14(2)12-22-23)20-9-8-15-4-6-16(18)7-5-15;/h4-7,12-13H,3,8-11H2,1-2H3,(H2,19,20,21);1H. The van der Waals surface area contributed by atoms with Gasteiger partial charge in [0.05, 0.1) is 12.7 Å². The maximum atomic E-state index is 5.89. The Hall–Kier alpha value is -1.28. The molecule has 0 aliphatic carbocycles. The predicted molar refractivity (Wildman–Crippen MR) is 112 cm³/mol. The number of guanidine groups is 1. The smallest absolute Gasteiger partial charge is 0.191 e. The molecule has 1 aromatic heterocycles. The Morgan fingerprint density at radius 3 is 2.62 bits per heavy atom. The van der Waals surface area contributed by atoms with Crippen molar-refractivity contribution in [2.75, 3.05) is 19.6 Å². The van der Waals surface area contributed by atoms with Crippen LogP contribution in [0, 0.1) is 6.92 Å². The Morgan fingerprint density at radius 2 is 2.00 bits per heavy atom. The Bertz CT molecular complexity index is 624. The van der Waals surface area contributed by atoms with Crippen molar-refractivity contribution in [1.82, 2.24) is 20.4 Å². The van der Waals surface area contributed by atoms with Gasteiger partial charge in [0.25, 0.3) is 0 Å². The first kappa shape index (κ1) is 20.8. The minimum Gasteiger partial charge on any atom is -0.357 e. The molecule has 0 bridgehead atoms. The summed E-state index contributed by atoms with van der Waals surface area (Å²) in [6.45, 7) is 7.28. The van der Waals surface area contributed by atoms with Gasteiger partial charge in [0, 0.05) is 30.9 Å². The fourth-order valence-corrected chi connectivity index (χ4v) is 2.29. The zero-order valence-electron chi connectivity index (χ0n) is 14.1. The van der Waals surface area contributed by atoms with E-state index >= 15 is 0 Å². The van der Waals surface area contributed by atoms with Gasteiger partial charge in [-0.25, -0.2) is 0 Å². The summed E-state index contributed by atoms with van der Waals surface area (Å²) in [7, 11) is 0. The lowest BCUT2D eigenvalue weighted by atomic mass is 10.1. The van der Waals surface area contributed by atoms with Gasteiger partial charge in [-0.3, -0.25) is 9.67 Å². The second-order valence-corrected chi connectivity index (χ2v) is 5.78. The number of benzene rings is 1. The number of hydrogen-bond donors (Lipinski definition) is 2. The lowest BCUT2D eigenvalue weighted by Crippen LogP contribution is -2.39. The van der Waals surface area contributed by atoms with E-state index in [-0.39, 0.29) is 24.0 Å². The van der Waals surface area contributed by atoms with Gasteiger partial charge in [0.1, 0.15) is 0 Å². The molecule has 2 aromatic rings. The van der Waals surface area contributed by atoms with Crippen LogP contribution in [-0.2, 0) is 13.0 Å². The van der Waals surface area contributed by atoms with Crippen LogP contribution in [0.15, 0.2) is 41.7 Å². The minimum atomic E-state index is 0. The van der Waals surface area contributed by atoms with E-state index in [4.69, 9.17) is 11.6 Å². The normalized spacial score (nSPS) is 11.0. The third-order valence-electron chi connectivity index (χ3n) is 3.32. The van der Waals surface area contributed by atoms with Crippen molar-refractivity contribution in [1.29, 1.82) is 0 Å². The molecule has 0 amide bonds. The van der Waals surface area contributed by atoms with E-state index in [1.807, 2.05) is 48.3 Å². The number of aliphatic imine (C=N–C) groups is 1. The van der Waals surface area contributed by atoms with Crippen LogP contribution in [0.3, 0.4) is 0 Å². The van der Waals surface area contributed by atoms with Crippen molar-refractivity contribution in [3.63, 3.8) is 0 Å². The Morgan fingerprint density at radius 1 is 1.25 bits per heavy atom. The molecule has 7 heteroatoms. The number of halogens is 2. The quantitative estimate of drug-likeness (QED) is 0.378. The average molecular weight is 462 g/mol. The van der Waals surface area contributed by atoms with Crippen molar-refractivity contribution >= 4 is 41.5 Å². The number of nitrogens with zero attached hydrogens (tertiary/aromatic N) is 3. The largest absolute Gasteiger partial charge is 0.357 e. The first-order chi connectivity index (χ1) is 11.2. The summed E-state index contributed by atoms with van der Waals surface area (Å²) in [6, 6.07) is 7.91. The summed E-state index contributed by atoms with van der Waals surface area (Å²) in [5, 5.41) is 11.6. The summed E-state index contributed by atoms with van der Waals surface area (Å²) < 4.78 is 1.93. The van der Waals surface area contributed by atoms with Crippen LogP contribution >= 0.6 is 35.6 Å². The molecule has 5 nitrogen and oxygen atoms in total. The highest BCUT2D eigenvalue weighted by Crippen LogP contribution is 2.09. The summed E-state index contributed by atoms with van der Waals surface area (Å²) in [6.07, 6.45) is 4.80. The molecule has 0 atom stereocenters. The molecule has 0 unspecified atom stereocenters. The van der Waals surface area contributed by atoms with E-state index in [9.17, 15) is 0 Å². The van der Waals surface area contributed by atoms with Crippen LogP contribution in [0.2, 0.25) is 5.02 Å². The molecule has 24 heavy (non-hydrogen) atoms. The number of aromatic nitrogens is 2. The molecular weight excluding hydrogens is 437 g/mol. The highest BCUT2D eigenvalue weighted by Gasteiger charge is 1.99. The van der Waals surface area contributed by atoms with Gasteiger partial charge in [-0.2, -0.15) is 5.10 Å². The fraction of sp³-hybridized carbons (Fsp3) is 0.412. The van der Waals surface area contributed by atoms with E-state index in [2.05, 4.69) is 27.6 Å². The fourth-order valence-electron chi connectivity index (χ4n) is 2.17. The van der Waals surface area contributed by atoms with Crippen LogP contribution in [-0.4, -0.2) is 35.4 Å². The number of aryl methyl sites for hydroxylation is 1. The van der Waals surface area contributed by atoms with Crippen LogP contribution in [0.1, 0.15) is 18.1 Å². The van der Waals surface area contributed by atoms with Gasteiger partial charge >= 0.3 is 0 Å². The van der Waals surface area contributed by atoms with Crippen LogP contribution < -0.4 is 10.6 Å². The molecule has 132 valence electrons. The maximum absolute atomic E-state index is 5.89. The van der Waals surface area contributed by atoms with Gasteiger partial charge in [-0.15, -0.1) is 24.0 Å². The van der Waals surface area contributed by atoms with Gasteiger partial charge in [-0.05, 0) is 43.5 Å². The molecule has 0 saturated heterocycles. The Balaban J connectivity index is 0.00000288. The zero-order valence-corrected chi connectivity index (χ0v) is 17.2. The molecule has 2 rings (SSSR count). The van der Waals surface area contributed by atoms with Gasteiger partial charge in [0.2, 0.25) is 0 Å². The molecule has 0 aliphatic heterocycles. The molecule has 1 heterocycles. The molecular formula is C17H25ClIN5. The lowest BCUT2D eigenvalue weighted by molar-refractivity contribution is 0.597. The summed E-state index contributed by atoms with van der Waals surface area (Å²) in [4.78, 5) is 4.60. The molecule has 0 aliphatic rings. The van der Waals surface area contributed by atoms with Crippen LogP contribution in [0.25, 0.3) is 0 Å². The molecule has 2 N–H and O–H groups in total. The summed E-state index contributed by atoms with van der Waals surface area (Å²) >= 11 is 5.89. The molecule has 0 radical (unpaired) electrons. The van der Waals surface area contributed by atoms with Crippen molar-refractivity contribution in [2.45, 2.75) is 26.8 Å². The van der Waals surface area contributed by atoms with E-state index in [0.717, 1.165) is 43.6 Å². The first-order valence-electron chi connectivity index (χ1n) is 7.93. The van der Waals surface area contributed by atoms with Crippen molar-refractivity contribution in [3.8, 4) is 0 Å². The average Bonchev–Trinajstić information content (AvgIpc) is 2.95. The topological polar surface area (TPSA) is 54.2 Å². The predicted octanol–water partition coefficient (Wildman–Crippen LogP) is 3.26. The highest BCUT2D eigenvalue weighted by atomic mass is 127. The summed E-state index contributed by atoms with van der Waals surface area (Å²) in [5.41, 5.74) is 2.41. The monoisotopic (exact) mass is 461 g/mol. The highest BCUT2D eigenvalue weighted by molar-refractivity contribution is 14.0. The molecule has 1 aromatic carbocycles. The summed E-state index contributed by atoms with van der Waals surface area (Å²) in [5.74, 6) is 0.838. The SMILES string of the molecule is CCNC(=NCCc1ccc(Cl)cc1)NCCn1cc(C)cn1.I. The third-order valence-corrected chi connectivity index (χ3v) is 3.58. The maximum Gasteiger partial charge on any atom is 0.191 e. The Kier molecular flexibility index (Phi) is 9.78. The number of nitrogens with one attached hydrogen (secondary N) is 2. The Labute approximate surface area is 165 Å². The second-order valence-electron chi connectivity index (χ2n) is 5.34. The van der Waals surface area contributed by atoms with E-state index in [0.29, 0.717) is 0 Å². The van der Waals surface area contributed by atoms with Crippen LogP contribution in [0.4, 0.5) is 0 Å². The van der Waals surface area contributed by atoms with Gasteiger partial charge in [0.15, 0.2) is 5.96 Å². The van der Waals surface area contributed by atoms with E-state index in [1.165, 1.54) is 11.1 Å². The third kappa shape index (κ3) is 7.53. The second kappa shape index (κ2) is 11.3.